The van der Waals surface area contributed by atoms with Crippen molar-refractivity contribution in [2.75, 3.05) is 17.3 Å². The third kappa shape index (κ3) is 10.9. The standard InChI is InChI=1S/C25H25N3O7S4.C2HF3O/c1-13-8-15(28-21(29)12-37-19(24(32)33)11-22(30)31)6-7-17(13)14-4-3-5-16(9-14)39(34,35)20-10-18(23(26)27)38-25(20)36-2;3-2(4,5)1-6/h3-10,19H,11-12H2,1-2H3,(H3,26,27)(H,28,29)(H,30,31)(H,32,33);1H. The minimum atomic E-state index is -4.64. The second-order valence-corrected chi connectivity index (χ2v) is 14.1. The van der Waals surface area contributed by atoms with E-state index in [4.69, 9.17) is 26.2 Å². The molecule has 0 bridgehead atoms. The Bertz CT molecular complexity index is 1710. The number of carboxylic acids is 2. The van der Waals surface area contributed by atoms with Crippen molar-refractivity contribution in [2.24, 2.45) is 5.73 Å². The lowest BCUT2D eigenvalue weighted by Crippen LogP contribution is -2.24. The van der Waals surface area contributed by atoms with Crippen LogP contribution in [0.2, 0.25) is 0 Å². The predicted octanol–water partition coefficient (Wildman–Crippen LogP) is 4.91. The molecular formula is C27H26F3N3O8S4. The molecule has 1 atom stereocenters. The van der Waals surface area contributed by atoms with Crippen LogP contribution >= 0.6 is 34.9 Å². The van der Waals surface area contributed by atoms with Gasteiger partial charge in [0.15, 0.2) is 0 Å². The van der Waals surface area contributed by atoms with Gasteiger partial charge in [0.1, 0.15) is 11.1 Å². The number of amides is 1. The fourth-order valence-corrected chi connectivity index (χ4v) is 8.32. The van der Waals surface area contributed by atoms with Crippen molar-refractivity contribution in [3.63, 3.8) is 0 Å². The zero-order valence-corrected chi connectivity index (χ0v) is 26.6. The van der Waals surface area contributed by atoms with Gasteiger partial charge in [-0.2, -0.15) is 13.2 Å². The zero-order chi connectivity index (χ0) is 34.1. The van der Waals surface area contributed by atoms with Crippen LogP contribution < -0.4 is 11.1 Å². The number of hydrogen-bond donors (Lipinski definition) is 5. The molecule has 6 N–H and O–H groups in total. The normalized spacial score (nSPS) is 11.9. The third-order valence-corrected chi connectivity index (χ3v) is 11.1. The lowest BCUT2D eigenvalue weighted by molar-refractivity contribution is -0.156. The van der Waals surface area contributed by atoms with Crippen LogP contribution in [0.1, 0.15) is 16.9 Å². The number of aldehydes is 1. The van der Waals surface area contributed by atoms with Crippen molar-refractivity contribution in [2.45, 2.75) is 38.8 Å². The van der Waals surface area contributed by atoms with E-state index < -0.39 is 51.8 Å². The molecule has 0 saturated carbocycles. The molecule has 1 unspecified atom stereocenters. The number of carbonyl (C=O) groups excluding carboxylic acids is 2. The molecule has 0 aliphatic carbocycles. The van der Waals surface area contributed by atoms with E-state index in [1.165, 1.54) is 23.9 Å². The summed E-state index contributed by atoms with van der Waals surface area (Å²) >= 11 is 3.15. The second kappa shape index (κ2) is 15.9. The van der Waals surface area contributed by atoms with Crippen LogP contribution in [0.5, 0.6) is 0 Å². The molecule has 0 aliphatic rings. The number of nitrogens with two attached hydrogens (primary N) is 1. The van der Waals surface area contributed by atoms with Crippen LogP contribution in [0, 0.1) is 12.3 Å². The summed E-state index contributed by atoms with van der Waals surface area (Å²) < 4.78 is 58.7. The van der Waals surface area contributed by atoms with Gasteiger partial charge in [0, 0.05) is 5.69 Å². The Hall–Kier alpha value is -3.87. The highest BCUT2D eigenvalue weighted by Gasteiger charge is 2.26. The largest absolute Gasteiger partial charge is 0.481 e. The fraction of sp³-hybridized carbons (Fsp3) is 0.222. The SMILES string of the molecule is CSc1sc(C(=N)N)cc1S(=O)(=O)c1cccc(-c2ccc(NC(=O)CSC(CC(=O)O)C(=O)O)cc2C)c1.O=CC(F)(F)F. The smallest absolute Gasteiger partial charge is 0.446 e. The van der Waals surface area contributed by atoms with Gasteiger partial charge in [0.2, 0.25) is 22.0 Å². The summed E-state index contributed by atoms with van der Waals surface area (Å²) in [6.45, 7) is 1.80. The Labute approximate surface area is 267 Å². The molecule has 0 fully saturated rings. The molecule has 3 rings (SSSR count). The number of aryl methyl sites for hydroxylation is 1. The van der Waals surface area contributed by atoms with Gasteiger partial charge >= 0.3 is 18.1 Å². The van der Waals surface area contributed by atoms with Gasteiger partial charge in [-0.05, 0) is 60.2 Å². The molecule has 3 aromatic rings. The molecule has 2 aromatic carbocycles. The molecule has 45 heavy (non-hydrogen) atoms. The van der Waals surface area contributed by atoms with Gasteiger partial charge in [-0.25, -0.2) is 8.42 Å². The van der Waals surface area contributed by atoms with Crippen molar-refractivity contribution in [3.8, 4) is 11.1 Å². The van der Waals surface area contributed by atoms with Gasteiger partial charge < -0.3 is 21.3 Å². The first-order chi connectivity index (χ1) is 20.9. The Kier molecular flexibility index (Phi) is 13.2. The van der Waals surface area contributed by atoms with Crippen LogP contribution in [-0.2, 0) is 29.0 Å². The first-order valence-electron chi connectivity index (χ1n) is 12.3. The lowest BCUT2D eigenvalue weighted by atomic mass is 10.00. The summed E-state index contributed by atoms with van der Waals surface area (Å²) in [7, 11) is -3.89. The number of carboxylic acid groups (broad SMARTS) is 2. The molecule has 0 spiro atoms. The van der Waals surface area contributed by atoms with E-state index >= 15 is 0 Å². The number of hydrogen-bond acceptors (Lipinski definition) is 10. The zero-order valence-electron chi connectivity index (χ0n) is 23.4. The number of nitrogen functional groups attached to an aromatic ring is 1. The number of thioether (sulfide) groups is 2. The molecule has 0 aliphatic heterocycles. The number of rotatable bonds is 12. The summed E-state index contributed by atoms with van der Waals surface area (Å²) in [6, 6.07) is 13.0. The minimum Gasteiger partial charge on any atom is -0.481 e. The first-order valence-corrected chi connectivity index (χ1v) is 16.8. The Balaban J connectivity index is 0.00000107. The number of nitrogens with one attached hydrogen (secondary N) is 2. The van der Waals surface area contributed by atoms with Crippen LogP contribution in [0.3, 0.4) is 0 Å². The monoisotopic (exact) mass is 705 g/mol. The summed E-state index contributed by atoms with van der Waals surface area (Å²) in [5, 5.41) is 27.0. The highest BCUT2D eigenvalue weighted by Crippen LogP contribution is 2.38. The van der Waals surface area contributed by atoms with Gasteiger partial charge in [-0.15, -0.1) is 34.9 Å². The molecule has 11 nitrogen and oxygen atoms in total. The van der Waals surface area contributed by atoms with E-state index in [9.17, 15) is 36.0 Å². The van der Waals surface area contributed by atoms with E-state index in [0.717, 1.165) is 34.2 Å². The molecule has 1 heterocycles. The molecule has 0 saturated heterocycles. The number of benzene rings is 2. The molecular weight excluding hydrogens is 680 g/mol. The topological polar surface area (TPSA) is 205 Å². The highest BCUT2D eigenvalue weighted by atomic mass is 32.2. The predicted molar refractivity (Wildman–Crippen MR) is 166 cm³/mol. The molecule has 0 radical (unpaired) electrons. The van der Waals surface area contributed by atoms with Crippen molar-refractivity contribution < 1.29 is 51.0 Å². The summed E-state index contributed by atoms with van der Waals surface area (Å²) in [5.41, 5.74) is 8.16. The quantitative estimate of drug-likeness (QED) is 0.0741. The Morgan fingerprint density at radius 3 is 2.29 bits per heavy atom. The van der Waals surface area contributed by atoms with Crippen LogP contribution in [0.25, 0.3) is 11.1 Å². The summed E-state index contributed by atoms with van der Waals surface area (Å²) in [6.07, 6.45) is -4.54. The first kappa shape index (κ1) is 37.3. The number of carbonyl (C=O) groups is 4. The van der Waals surface area contributed by atoms with Gasteiger partial charge in [-0.1, -0.05) is 18.2 Å². The number of sulfone groups is 1. The van der Waals surface area contributed by atoms with Gasteiger partial charge in [0.05, 0.1) is 31.1 Å². The van der Waals surface area contributed by atoms with Gasteiger partial charge in [-0.3, -0.25) is 24.6 Å². The highest BCUT2D eigenvalue weighted by molar-refractivity contribution is 8.01. The number of anilines is 1. The van der Waals surface area contributed by atoms with E-state index in [1.807, 2.05) is 0 Å². The van der Waals surface area contributed by atoms with Crippen molar-refractivity contribution in [1.29, 1.82) is 5.41 Å². The average Bonchev–Trinajstić information content (AvgIpc) is 3.41. The van der Waals surface area contributed by atoms with Crippen molar-refractivity contribution >= 4 is 80.4 Å². The number of thiophene rings is 1. The van der Waals surface area contributed by atoms with Crippen molar-refractivity contribution in [1.82, 2.24) is 0 Å². The molecule has 1 aromatic heterocycles. The number of amidine groups is 1. The minimum absolute atomic E-state index is 0.0892. The maximum absolute atomic E-state index is 13.5. The van der Waals surface area contributed by atoms with Crippen molar-refractivity contribution in [3.05, 3.63) is 59.0 Å². The van der Waals surface area contributed by atoms with E-state index in [0.29, 0.717) is 20.3 Å². The maximum atomic E-state index is 13.5. The Morgan fingerprint density at radius 1 is 1.13 bits per heavy atom. The van der Waals surface area contributed by atoms with E-state index in [2.05, 4.69) is 5.32 Å². The summed E-state index contributed by atoms with van der Waals surface area (Å²) in [4.78, 5) is 43.6. The molecule has 18 heteroatoms. The van der Waals surface area contributed by atoms with E-state index in [1.54, 1.807) is 49.6 Å². The summed E-state index contributed by atoms with van der Waals surface area (Å²) in [5.74, 6) is -3.49. The van der Waals surface area contributed by atoms with Crippen LogP contribution in [-0.4, -0.2) is 72.0 Å². The third-order valence-electron chi connectivity index (χ3n) is 5.56. The van der Waals surface area contributed by atoms with Crippen LogP contribution in [0.4, 0.5) is 18.9 Å². The molecule has 242 valence electrons. The van der Waals surface area contributed by atoms with Crippen LogP contribution in [0.15, 0.2) is 62.5 Å². The fourth-order valence-electron chi connectivity index (χ4n) is 3.59. The Morgan fingerprint density at radius 2 is 1.78 bits per heavy atom. The number of alkyl halides is 3. The second-order valence-electron chi connectivity index (χ2n) is 8.88. The number of aliphatic carboxylic acids is 2. The molecule has 1 amide bonds. The average molecular weight is 706 g/mol. The maximum Gasteiger partial charge on any atom is 0.446 e. The van der Waals surface area contributed by atoms with E-state index in [-0.39, 0.29) is 21.4 Å². The lowest BCUT2D eigenvalue weighted by Gasteiger charge is -2.13. The number of halogens is 3. The van der Waals surface area contributed by atoms with Gasteiger partial charge in [0.25, 0.3) is 0 Å².